The average Bonchev–Trinajstić information content (AvgIpc) is 3.13. The number of hydrogen-bond acceptors (Lipinski definition) is 3. The highest BCUT2D eigenvalue weighted by Gasteiger charge is 2.27. The average molecular weight is 360 g/mol. The van der Waals surface area contributed by atoms with E-state index in [1.807, 2.05) is 54.9 Å². The van der Waals surface area contributed by atoms with Gasteiger partial charge in [-0.3, -0.25) is 4.79 Å². The van der Waals surface area contributed by atoms with Crippen LogP contribution < -0.4 is 10.2 Å². The maximum Gasteiger partial charge on any atom is 0.244 e. The monoisotopic (exact) mass is 360 g/mol. The Bertz CT molecular complexity index is 977. The van der Waals surface area contributed by atoms with Gasteiger partial charge in [-0.2, -0.15) is 5.10 Å². The van der Waals surface area contributed by atoms with Gasteiger partial charge in [0.1, 0.15) is 0 Å². The summed E-state index contributed by atoms with van der Waals surface area (Å²) >= 11 is 0. The molecule has 1 amide bonds. The second-order valence-electron chi connectivity index (χ2n) is 7.15. The number of nitrogens with zero attached hydrogens (tertiary/aromatic N) is 3. The largest absolute Gasteiger partial charge is 0.359 e. The molecule has 27 heavy (non-hydrogen) atoms. The summed E-state index contributed by atoms with van der Waals surface area (Å²) in [5, 5.41) is 7.69. The summed E-state index contributed by atoms with van der Waals surface area (Å²) in [4.78, 5) is 15.0. The van der Waals surface area contributed by atoms with Crippen LogP contribution in [0.1, 0.15) is 23.9 Å². The Hall–Kier alpha value is -3.08. The third-order valence-electron chi connectivity index (χ3n) is 5.22. The van der Waals surface area contributed by atoms with E-state index in [2.05, 4.69) is 40.4 Å². The SMILES string of the molecule is Cc1nn(-c2ccccc2)c(C)c1NC(=O)CN1c2ccccc2C[C@@H]1C. The Morgan fingerprint density at radius 2 is 1.81 bits per heavy atom. The molecule has 0 bridgehead atoms. The highest BCUT2D eigenvalue weighted by molar-refractivity contribution is 5.95. The maximum atomic E-state index is 12.8. The summed E-state index contributed by atoms with van der Waals surface area (Å²) in [6.07, 6.45) is 0.980. The van der Waals surface area contributed by atoms with E-state index in [0.29, 0.717) is 12.6 Å². The number of hydrogen-bond donors (Lipinski definition) is 1. The molecule has 1 N–H and O–H groups in total. The number of anilines is 2. The molecule has 0 radical (unpaired) electrons. The minimum atomic E-state index is -0.0163. The lowest BCUT2D eigenvalue weighted by Gasteiger charge is -2.24. The predicted octanol–water partition coefficient (Wildman–Crippen LogP) is 3.88. The van der Waals surface area contributed by atoms with Crippen molar-refractivity contribution in [1.29, 1.82) is 0 Å². The molecule has 0 saturated carbocycles. The first-order chi connectivity index (χ1) is 13.0. The van der Waals surface area contributed by atoms with Crippen molar-refractivity contribution in [3.63, 3.8) is 0 Å². The van der Waals surface area contributed by atoms with Crippen LogP contribution in [0, 0.1) is 13.8 Å². The Labute approximate surface area is 159 Å². The molecular formula is C22H24N4O. The second-order valence-corrected chi connectivity index (χ2v) is 7.15. The van der Waals surface area contributed by atoms with Gasteiger partial charge in [0.25, 0.3) is 0 Å². The molecule has 2 heterocycles. The van der Waals surface area contributed by atoms with E-state index in [9.17, 15) is 4.79 Å². The number of carbonyl (C=O) groups is 1. The van der Waals surface area contributed by atoms with Crippen LogP contribution in [0.3, 0.4) is 0 Å². The number of para-hydroxylation sites is 2. The predicted molar refractivity (Wildman–Crippen MR) is 109 cm³/mol. The van der Waals surface area contributed by atoms with Gasteiger partial charge in [-0.25, -0.2) is 4.68 Å². The molecule has 138 valence electrons. The van der Waals surface area contributed by atoms with Gasteiger partial charge in [-0.1, -0.05) is 36.4 Å². The lowest BCUT2D eigenvalue weighted by atomic mass is 10.1. The number of amides is 1. The molecule has 1 aliphatic rings. The van der Waals surface area contributed by atoms with Gasteiger partial charge in [-0.15, -0.1) is 0 Å². The zero-order valence-electron chi connectivity index (χ0n) is 15.9. The maximum absolute atomic E-state index is 12.8. The molecule has 1 aromatic heterocycles. The highest BCUT2D eigenvalue weighted by atomic mass is 16.2. The van der Waals surface area contributed by atoms with Gasteiger partial charge in [-0.05, 0) is 51.0 Å². The van der Waals surface area contributed by atoms with Crippen LogP contribution >= 0.6 is 0 Å². The van der Waals surface area contributed by atoms with Crippen LogP contribution in [0.15, 0.2) is 54.6 Å². The number of aryl methyl sites for hydroxylation is 1. The third-order valence-corrected chi connectivity index (χ3v) is 5.22. The Morgan fingerprint density at radius 1 is 1.11 bits per heavy atom. The normalized spacial score (nSPS) is 15.7. The number of carbonyl (C=O) groups excluding carboxylic acids is 1. The first-order valence-corrected chi connectivity index (χ1v) is 9.30. The van der Waals surface area contributed by atoms with Crippen LogP contribution in [-0.4, -0.2) is 28.3 Å². The minimum absolute atomic E-state index is 0.0163. The molecule has 5 heteroatoms. The van der Waals surface area contributed by atoms with E-state index in [1.165, 1.54) is 5.56 Å². The molecule has 5 nitrogen and oxygen atoms in total. The number of nitrogens with one attached hydrogen (secondary N) is 1. The van der Waals surface area contributed by atoms with E-state index in [4.69, 9.17) is 0 Å². The van der Waals surface area contributed by atoms with Crippen molar-refractivity contribution in [3.05, 3.63) is 71.5 Å². The summed E-state index contributed by atoms with van der Waals surface area (Å²) in [5.41, 5.74) is 6.00. The highest BCUT2D eigenvalue weighted by Crippen LogP contribution is 2.31. The first kappa shape index (κ1) is 17.3. The number of benzene rings is 2. The van der Waals surface area contributed by atoms with Gasteiger partial charge >= 0.3 is 0 Å². The smallest absolute Gasteiger partial charge is 0.244 e. The summed E-state index contributed by atoms with van der Waals surface area (Å²) in [6.45, 7) is 6.41. The standard InChI is InChI=1S/C22H24N4O/c1-15-13-18-9-7-8-12-20(18)25(15)14-21(27)23-22-16(2)24-26(17(22)3)19-10-5-4-6-11-19/h4-12,15H,13-14H2,1-3H3,(H,23,27)/t15-/m0/s1. The van der Waals surface area contributed by atoms with Crippen LogP contribution in [0.2, 0.25) is 0 Å². The van der Waals surface area contributed by atoms with E-state index >= 15 is 0 Å². The molecule has 1 aliphatic heterocycles. The van der Waals surface area contributed by atoms with Crippen LogP contribution in [0.4, 0.5) is 11.4 Å². The zero-order valence-corrected chi connectivity index (χ0v) is 15.9. The van der Waals surface area contributed by atoms with Gasteiger partial charge in [0, 0.05) is 11.7 Å². The van der Waals surface area contributed by atoms with Crippen LogP contribution in [0.5, 0.6) is 0 Å². The quantitative estimate of drug-likeness (QED) is 0.768. The van der Waals surface area contributed by atoms with Crippen molar-refractivity contribution in [1.82, 2.24) is 9.78 Å². The van der Waals surface area contributed by atoms with E-state index < -0.39 is 0 Å². The molecule has 0 saturated heterocycles. The lowest BCUT2D eigenvalue weighted by molar-refractivity contribution is -0.115. The van der Waals surface area contributed by atoms with Crippen molar-refractivity contribution < 1.29 is 4.79 Å². The van der Waals surface area contributed by atoms with E-state index in [-0.39, 0.29) is 5.91 Å². The molecule has 0 spiro atoms. The first-order valence-electron chi connectivity index (χ1n) is 9.30. The summed E-state index contributed by atoms with van der Waals surface area (Å²) in [7, 11) is 0. The summed E-state index contributed by atoms with van der Waals surface area (Å²) in [5.74, 6) is -0.0163. The fourth-order valence-corrected chi connectivity index (χ4v) is 3.85. The molecule has 0 aliphatic carbocycles. The zero-order chi connectivity index (χ0) is 19.0. The molecular weight excluding hydrogens is 336 g/mol. The fourth-order valence-electron chi connectivity index (χ4n) is 3.85. The third kappa shape index (κ3) is 3.21. The van der Waals surface area contributed by atoms with Gasteiger partial charge in [0.15, 0.2) is 0 Å². The fraction of sp³-hybridized carbons (Fsp3) is 0.273. The topological polar surface area (TPSA) is 50.2 Å². The molecule has 0 unspecified atom stereocenters. The minimum Gasteiger partial charge on any atom is -0.359 e. The van der Waals surface area contributed by atoms with Crippen LogP contribution in [-0.2, 0) is 11.2 Å². The van der Waals surface area contributed by atoms with Gasteiger partial charge in [0.2, 0.25) is 5.91 Å². The van der Waals surface area contributed by atoms with Crippen LogP contribution in [0.25, 0.3) is 5.69 Å². The van der Waals surface area contributed by atoms with Crippen molar-refractivity contribution >= 4 is 17.3 Å². The Morgan fingerprint density at radius 3 is 2.59 bits per heavy atom. The second kappa shape index (κ2) is 6.91. The number of fused-ring (bicyclic) bond motifs is 1. The number of aromatic nitrogens is 2. The molecule has 2 aromatic carbocycles. The molecule has 3 aromatic rings. The van der Waals surface area contributed by atoms with E-state index in [0.717, 1.165) is 34.9 Å². The van der Waals surface area contributed by atoms with Crippen molar-refractivity contribution in [2.75, 3.05) is 16.8 Å². The Balaban J connectivity index is 1.53. The number of rotatable bonds is 4. The molecule has 1 atom stereocenters. The van der Waals surface area contributed by atoms with Gasteiger partial charge < -0.3 is 10.2 Å². The Kier molecular flexibility index (Phi) is 4.44. The lowest BCUT2D eigenvalue weighted by Crippen LogP contribution is -2.37. The van der Waals surface area contributed by atoms with Crippen molar-refractivity contribution in [2.24, 2.45) is 0 Å². The van der Waals surface area contributed by atoms with E-state index in [1.54, 1.807) is 0 Å². The van der Waals surface area contributed by atoms with Gasteiger partial charge in [0.05, 0.1) is 29.3 Å². The molecule has 0 fully saturated rings. The molecule has 4 rings (SSSR count). The van der Waals surface area contributed by atoms with Crippen molar-refractivity contribution in [3.8, 4) is 5.69 Å². The summed E-state index contributed by atoms with van der Waals surface area (Å²) < 4.78 is 1.87. The summed E-state index contributed by atoms with van der Waals surface area (Å²) in [6, 6.07) is 18.6. The van der Waals surface area contributed by atoms with Crippen molar-refractivity contribution in [2.45, 2.75) is 33.2 Å².